The molecule has 4 rings (SSSR count). The summed E-state index contributed by atoms with van der Waals surface area (Å²) in [6, 6.07) is 7.23. The largest absolute Gasteiger partial charge is 0.326 e. The zero-order chi connectivity index (χ0) is 14.2. The summed E-state index contributed by atoms with van der Waals surface area (Å²) >= 11 is 1.62. The Morgan fingerprint density at radius 1 is 1.33 bits per heavy atom. The van der Waals surface area contributed by atoms with E-state index in [2.05, 4.69) is 15.6 Å². The number of hydrogen-bond acceptors (Lipinski definition) is 4. The van der Waals surface area contributed by atoms with Crippen molar-refractivity contribution in [1.29, 1.82) is 0 Å². The predicted octanol–water partition coefficient (Wildman–Crippen LogP) is 3.16. The SMILES string of the molecule is O=C(CC1CC2CCC(C1)N2)Nc1ccc2scnc2c1. The molecule has 4 nitrogen and oxygen atoms in total. The highest BCUT2D eigenvalue weighted by atomic mass is 32.1. The molecule has 0 aliphatic carbocycles. The predicted molar refractivity (Wildman–Crippen MR) is 85.5 cm³/mol. The van der Waals surface area contributed by atoms with E-state index in [0.29, 0.717) is 24.4 Å². The highest BCUT2D eigenvalue weighted by Gasteiger charge is 2.34. The van der Waals surface area contributed by atoms with E-state index in [4.69, 9.17) is 0 Å². The minimum atomic E-state index is 0.135. The average Bonchev–Trinajstić information content (AvgIpc) is 3.04. The van der Waals surface area contributed by atoms with E-state index in [1.165, 1.54) is 12.8 Å². The van der Waals surface area contributed by atoms with Crippen molar-refractivity contribution >= 4 is 33.1 Å². The third-order valence-electron chi connectivity index (χ3n) is 4.66. The molecule has 2 bridgehead atoms. The Balaban J connectivity index is 1.39. The molecule has 0 spiro atoms. The second-order valence-corrected chi connectivity index (χ2v) is 7.15. The molecule has 1 aromatic carbocycles. The van der Waals surface area contributed by atoms with Crippen LogP contribution in [0.1, 0.15) is 32.1 Å². The van der Waals surface area contributed by atoms with Crippen LogP contribution in [0.25, 0.3) is 10.2 Å². The van der Waals surface area contributed by atoms with Crippen molar-refractivity contribution in [3.05, 3.63) is 23.7 Å². The fourth-order valence-electron chi connectivity index (χ4n) is 3.75. The lowest BCUT2D eigenvalue weighted by molar-refractivity contribution is -0.117. The molecule has 3 heterocycles. The number of nitrogens with one attached hydrogen (secondary N) is 2. The monoisotopic (exact) mass is 301 g/mol. The van der Waals surface area contributed by atoms with Gasteiger partial charge in [-0.2, -0.15) is 0 Å². The maximum Gasteiger partial charge on any atom is 0.224 e. The van der Waals surface area contributed by atoms with Gasteiger partial charge in [0.25, 0.3) is 0 Å². The van der Waals surface area contributed by atoms with Gasteiger partial charge in [-0.3, -0.25) is 4.79 Å². The van der Waals surface area contributed by atoms with E-state index in [1.54, 1.807) is 11.3 Å². The first-order valence-electron chi connectivity index (χ1n) is 7.65. The third kappa shape index (κ3) is 2.80. The van der Waals surface area contributed by atoms with Crippen molar-refractivity contribution < 1.29 is 4.79 Å². The number of fused-ring (bicyclic) bond motifs is 3. The highest BCUT2D eigenvalue weighted by Crippen LogP contribution is 2.33. The van der Waals surface area contributed by atoms with E-state index in [9.17, 15) is 4.79 Å². The first-order chi connectivity index (χ1) is 10.3. The molecule has 21 heavy (non-hydrogen) atoms. The molecule has 2 aromatic rings. The van der Waals surface area contributed by atoms with Crippen LogP contribution < -0.4 is 10.6 Å². The molecule has 2 N–H and O–H groups in total. The fourth-order valence-corrected chi connectivity index (χ4v) is 4.41. The fraction of sp³-hybridized carbons (Fsp3) is 0.500. The van der Waals surface area contributed by atoms with Crippen LogP contribution in [-0.2, 0) is 4.79 Å². The first-order valence-corrected chi connectivity index (χ1v) is 8.53. The van der Waals surface area contributed by atoms with Gasteiger partial charge in [-0.25, -0.2) is 4.98 Å². The lowest BCUT2D eigenvalue weighted by Gasteiger charge is -2.28. The molecular weight excluding hydrogens is 282 g/mol. The molecule has 0 saturated carbocycles. The Morgan fingerprint density at radius 3 is 2.95 bits per heavy atom. The second-order valence-electron chi connectivity index (χ2n) is 6.26. The number of aromatic nitrogens is 1. The summed E-state index contributed by atoms with van der Waals surface area (Å²) in [6.07, 6.45) is 5.50. The summed E-state index contributed by atoms with van der Waals surface area (Å²) in [5.74, 6) is 0.669. The Morgan fingerprint density at radius 2 is 2.14 bits per heavy atom. The quantitative estimate of drug-likeness (QED) is 0.915. The molecule has 2 atom stereocenters. The van der Waals surface area contributed by atoms with Crippen LogP contribution in [-0.4, -0.2) is 23.0 Å². The standard InChI is InChI=1S/C16H19N3OS/c20-16(7-10-5-11-1-2-12(6-10)18-11)19-13-3-4-15-14(8-13)17-9-21-15/h3-4,8-12,18H,1-2,5-7H2,(H,19,20). The van der Waals surface area contributed by atoms with Crippen LogP contribution in [0.15, 0.2) is 23.7 Å². The van der Waals surface area contributed by atoms with E-state index in [1.807, 2.05) is 23.7 Å². The molecular formula is C16H19N3OS. The van der Waals surface area contributed by atoms with Crippen molar-refractivity contribution in [1.82, 2.24) is 10.3 Å². The summed E-state index contributed by atoms with van der Waals surface area (Å²) in [4.78, 5) is 16.5. The molecule has 2 aliphatic rings. The zero-order valence-electron chi connectivity index (χ0n) is 11.8. The smallest absolute Gasteiger partial charge is 0.224 e. The van der Waals surface area contributed by atoms with Crippen LogP contribution in [0.2, 0.25) is 0 Å². The van der Waals surface area contributed by atoms with Crippen molar-refractivity contribution in [2.24, 2.45) is 5.92 Å². The van der Waals surface area contributed by atoms with Crippen molar-refractivity contribution in [3.8, 4) is 0 Å². The van der Waals surface area contributed by atoms with Gasteiger partial charge in [-0.15, -0.1) is 11.3 Å². The van der Waals surface area contributed by atoms with Gasteiger partial charge in [-0.05, 0) is 49.8 Å². The van der Waals surface area contributed by atoms with Crippen LogP contribution in [0, 0.1) is 5.92 Å². The number of nitrogens with zero attached hydrogens (tertiary/aromatic N) is 1. The molecule has 2 fully saturated rings. The Labute approximate surface area is 128 Å². The minimum absolute atomic E-state index is 0.135. The number of benzene rings is 1. The summed E-state index contributed by atoms with van der Waals surface area (Å²) in [7, 11) is 0. The lowest BCUT2D eigenvalue weighted by Crippen LogP contribution is -2.39. The molecule has 2 aliphatic heterocycles. The summed E-state index contributed by atoms with van der Waals surface area (Å²) in [5, 5.41) is 6.65. The maximum atomic E-state index is 12.2. The molecule has 0 radical (unpaired) electrons. The van der Waals surface area contributed by atoms with Gasteiger partial charge in [0.15, 0.2) is 0 Å². The molecule has 110 valence electrons. The minimum Gasteiger partial charge on any atom is -0.326 e. The average molecular weight is 301 g/mol. The number of piperidine rings is 1. The number of hydrogen-bond donors (Lipinski definition) is 2. The summed E-state index contributed by atoms with van der Waals surface area (Å²) in [5.41, 5.74) is 3.65. The van der Waals surface area contributed by atoms with E-state index in [-0.39, 0.29) is 5.91 Å². The van der Waals surface area contributed by atoms with Crippen LogP contribution in [0.5, 0.6) is 0 Å². The van der Waals surface area contributed by atoms with Crippen LogP contribution in [0.4, 0.5) is 5.69 Å². The number of anilines is 1. The number of carbonyl (C=O) groups is 1. The molecule has 2 unspecified atom stereocenters. The Bertz CT molecular complexity index is 656. The van der Waals surface area contributed by atoms with Crippen molar-refractivity contribution in [3.63, 3.8) is 0 Å². The topological polar surface area (TPSA) is 54.0 Å². The summed E-state index contributed by atoms with van der Waals surface area (Å²) in [6.45, 7) is 0. The third-order valence-corrected chi connectivity index (χ3v) is 5.47. The van der Waals surface area contributed by atoms with E-state index in [0.717, 1.165) is 28.7 Å². The number of rotatable bonds is 3. The number of thiazole rings is 1. The molecule has 2 saturated heterocycles. The van der Waals surface area contributed by atoms with Crippen molar-refractivity contribution in [2.45, 2.75) is 44.2 Å². The zero-order valence-corrected chi connectivity index (χ0v) is 12.7. The molecule has 1 aromatic heterocycles. The van der Waals surface area contributed by atoms with Gasteiger partial charge < -0.3 is 10.6 Å². The first kappa shape index (κ1) is 13.2. The second kappa shape index (κ2) is 5.39. The van der Waals surface area contributed by atoms with Gasteiger partial charge in [-0.1, -0.05) is 0 Å². The van der Waals surface area contributed by atoms with Gasteiger partial charge >= 0.3 is 0 Å². The van der Waals surface area contributed by atoms with E-state index >= 15 is 0 Å². The van der Waals surface area contributed by atoms with Gasteiger partial charge in [0.2, 0.25) is 5.91 Å². The molecule has 1 amide bonds. The summed E-state index contributed by atoms with van der Waals surface area (Å²) < 4.78 is 1.16. The maximum absolute atomic E-state index is 12.2. The van der Waals surface area contributed by atoms with Crippen LogP contribution >= 0.6 is 11.3 Å². The molecule has 5 heteroatoms. The van der Waals surface area contributed by atoms with Crippen LogP contribution in [0.3, 0.4) is 0 Å². The lowest BCUT2D eigenvalue weighted by atomic mass is 9.89. The van der Waals surface area contributed by atoms with Gasteiger partial charge in [0, 0.05) is 24.2 Å². The number of amides is 1. The number of carbonyl (C=O) groups excluding carboxylic acids is 1. The van der Waals surface area contributed by atoms with Gasteiger partial charge in [0.1, 0.15) is 0 Å². The Hall–Kier alpha value is -1.46. The van der Waals surface area contributed by atoms with E-state index < -0.39 is 0 Å². The van der Waals surface area contributed by atoms with Gasteiger partial charge in [0.05, 0.1) is 15.7 Å². The highest BCUT2D eigenvalue weighted by molar-refractivity contribution is 7.16. The van der Waals surface area contributed by atoms with Crippen molar-refractivity contribution in [2.75, 3.05) is 5.32 Å². The normalized spacial score (nSPS) is 27.9. The Kier molecular flexibility index (Phi) is 3.39.